The number of rotatable bonds is 4. The molecule has 0 aliphatic heterocycles. The molecule has 7 heteroatoms. The maximum atomic E-state index is 11.9. The molecule has 0 fully saturated rings. The number of nitrogens with zero attached hydrogens (tertiary/aromatic N) is 1. The molecule has 0 heterocycles. The molecule has 0 radical (unpaired) electrons. The second-order valence-corrected chi connectivity index (χ2v) is 5.70. The molecule has 0 aliphatic carbocycles. The maximum Gasteiger partial charge on any atom is 0.313 e. The van der Waals surface area contributed by atoms with Crippen molar-refractivity contribution in [3.05, 3.63) is 63.6 Å². The van der Waals surface area contributed by atoms with Gasteiger partial charge in [0.1, 0.15) is 6.07 Å². The molecule has 2 rings (SSSR count). The van der Waals surface area contributed by atoms with E-state index in [0.29, 0.717) is 22.2 Å². The summed E-state index contributed by atoms with van der Waals surface area (Å²) in [4.78, 5) is 23.7. The molecule has 0 atom stereocenters. The van der Waals surface area contributed by atoms with E-state index in [4.69, 9.17) is 28.5 Å². The fraction of sp³-hybridized carbons (Fsp3) is 0.118. The van der Waals surface area contributed by atoms with Crippen molar-refractivity contribution in [3.63, 3.8) is 0 Å². The predicted molar refractivity (Wildman–Crippen MR) is 93.0 cm³/mol. The molecule has 24 heavy (non-hydrogen) atoms. The summed E-state index contributed by atoms with van der Waals surface area (Å²) < 4.78 is 0. The number of hydrogen-bond donors (Lipinski definition) is 2. The van der Waals surface area contributed by atoms with Gasteiger partial charge in [-0.3, -0.25) is 9.59 Å². The first-order valence-corrected chi connectivity index (χ1v) is 7.79. The van der Waals surface area contributed by atoms with Gasteiger partial charge in [-0.05, 0) is 36.2 Å². The fourth-order valence-corrected chi connectivity index (χ4v) is 2.49. The SMILES string of the molecule is N#Cc1ccccc1NC(=O)C(=O)NCCc1ccc(Cl)cc1Cl. The zero-order valence-electron chi connectivity index (χ0n) is 12.5. The van der Waals surface area contributed by atoms with Gasteiger partial charge < -0.3 is 10.6 Å². The van der Waals surface area contributed by atoms with Crippen LogP contribution in [-0.4, -0.2) is 18.4 Å². The Morgan fingerprint density at radius 2 is 1.83 bits per heavy atom. The molecule has 2 amide bonds. The number of anilines is 1. The molecule has 0 aliphatic rings. The summed E-state index contributed by atoms with van der Waals surface area (Å²) in [7, 11) is 0. The van der Waals surface area contributed by atoms with Crippen molar-refractivity contribution in [2.45, 2.75) is 6.42 Å². The van der Waals surface area contributed by atoms with Gasteiger partial charge in [0.25, 0.3) is 0 Å². The quantitative estimate of drug-likeness (QED) is 0.820. The third-order valence-electron chi connectivity index (χ3n) is 3.20. The van der Waals surface area contributed by atoms with Gasteiger partial charge in [-0.2, -0.15) is 5.26 Å². The molecule has 0 aromatic heterocycles. The van der Waals surface area contributed by atoms with Crippen molar-refractivity contribution in [2.75, 3.05) is 11.9 Å². The van der Waals surface area contributed by atoms with Gasteiger partial charge >= 0.3 is 11.8 Å². The van der Waals surface area contributed by atoms with Crippen LogP contribution in [0.15, 0.2) is 42.5 Å². The predicted octanol–water partition coefficient (Wildman–Crippen LogP) is 3.16. The topological polar surface area (TPSA) is 82.0 Å². The van der Waals surface area contributed by atoms with E-state index in [-0.39, 0.29) is 12.1 Å². The van der Waals surface area contributed by atoms with Crippen molar-refractivity contribution in [1.82, 2.24) is 5.32 Å². The number of amides is 2. The van der Waals surface area contributed by atoms with Crippen LogP contribution in [0.3, 0.4) is 0 Å². The summed E-state index contributed by atoms with van der Waals surface area (Å²) in [5.41, 5.74) is 1.39. The van der Waals surface area contributed by atoms with E-state index in [1.807, 2.05) is 6.07 Å². The van der Waals surface area contributed by atoms with Crippen LogP contribution in [0.2, 0.25) is 10.0 Å². The van der Waals surface area contributed by atoms with Crippen LogP contribution in [0.4, 0.5) is 5.69 Å². The summed E-state index contributed by atoms with van der Waals surface area (Å²) in [5.74, 6) is -1.62. The highest BCUT2D eigenvalue weighted by molar-refractivity contribution is 6.39. The van der Waals surface area contributed by atoms with E-state index in [1.165, 1.54) is 0 Å². The second-order valence-electron chi connectivity index (χ2n) is 4.85. The highest BCUT2D eigenvalue weighted by Gasteiger charge is 2.15. The number of nitrogens with one attached hydrogen (secondary N) is 2. The minimum Gasteiger partial charge on any atom is -0.347 e. The molecular weight excluding hydrogens is 349 g/mol. The van der Waals surface area contributed by atoms with Crippen molar-refractivity contribution in [3.8, 4) is 6.07 Å². The normalized spacial score (nSPS) is 9.88. The average molecular weight is 362 g/mol. The number of carbonyl (C=O) groups excluding carboxylic acids is 2. The Morgan fingerprint density at radius 3 is 2.54 bits per heavy atom. The molecule has 5 nitrogen and oxygen atoms in total. The number of para-hydroxylation sites is 1. The summed E-state index contributed by atoms with van der Waals surface area (Å²) in [5, 5.41) is 14.9. The molecule has 2 aromatic carbocycles. The van der Waals surface area contributed by atoms with Crippen LogP contribution in [0.25, 0.3) is 0 Å². The lowest BCUT2D eigenvalue weighted by molar-refractivity contribution is -0.136. The number of halogens is 2. The number of benzene rings is 2. The maximum absolute atomic E-state index is 11.9. The first-order chi connectivity index (χ1) is 11.5. The van der Waals surface area contributed by atoms with Crippen LogP contribution in [0.1, 0.15) is 11.1 Å². The Hall–Kier alpha value is -2.55. The Labute approximate surface area is 149 Å². The largest absolute Gasteiger partial charge is 0.347 e. The molecule has 122 valence electrons. The lowest BCUT2D eigenvalue weighted by Crippen LogP contribution is -2.36. The minimum absolute atomic E-state index is 0.244. The first-order valence-electron chi connectivity index (χ1n) is 7.03. The summed E-state index contributed by atoms with van der Waals surface area (Å²) >= 11 is 11.9. The summed E-state index contributed by atoms with van der Waals surface area (Å²) in [6.07, 6.45) is 0.462. The van der Waals surface area contributed by atoms with E-state index in [1.54, 1.807) is 42.5 Å². The molecule has 0 unspecified atom stereocenters. The summed E-state index contributed by atoms with van der Waals surface area (Å²) in [6, 6.07) is 13.5. The number of hydrogen-bond acceptors (Lipinski definition) is 3. The van der Waals surface area contributed by atoms with E-state index in [0.717, 1.165) is 5.56 Å². The standard InChI is InChI=1S/C17H13Cl2N3O2/c18-13-6-5-11(14(19)9-13)7-8-21-16(23)17(24)22-15-4-2-1-3-12(15)10-20/h1-6,9H,7-8H2,(H,21,23)(H,22,24). The van der Waals surface area contributed by atoms with Crippen molar-refractivity contribution in [1.29, 1.82) is 5.26 Å². The van der Waals surface area contributed by atoms with Gasteiger partial charge in [0.05, 0.1) is 11.3 Å². The van der Waals surface area contributed by atoms with Crippen molar-refractivity contribution < 1.29 is 9.59 Å². The van der Waals surface area contributed by atoms with Crippen molar-refractivity contribution in [2.24, 2.45) is 0 Å². The molecule has 0 saturated heterocycles. The fourth-order valence-electron chi connectivity index (χ4n) is 1.98. The third-order valence-corrected chi connectivity index (χ3v) is 3.78. The Balaban J connectivity index is 1.88. The molecular formula is C17H13Cl2N3O2. The Morgan fingerprint density at radius 1 is 1.08 bits per heavy atom. The molecule has 0 saturated carbocycles. The monoisotopic (exact) mass is 361 g/mol. The molecule has 2 aromatic rings. The van der Waals surface area contributed by atoms with E-state index < -0.39 is 11.8 Å². The zero-order chi connectivity index (χ0) is 17.5. The van der Waals surface area contributed by atoms with Crippen LogP contribution >= 0.6 is 23.2 Å². The van der Waals surface area contributed by atoms with Gasteiger partial charge in [0.15, 0.2) is 0 Å². The van der Waals surface area contributed by atoms with Crippen LogP contribution in [-0.2, 0) is 16.0 Å². The van der Waals surface area contributed by atoms with Gasteiger partial charge in [-0.15, -0.1) is 0 Å². The van der Waals surface area contributed by atoms with Gasteiger partial charge in [0.2, 0.25) is 0 Å². The molecule has 2 N–H and O–H groups in total. The minimum atomic E-state index is -0.833. The van der Waals surface area contributed by atoms with Crippen molar-refractivity contribution >= 4 is 40.7 Å². The summed E-state index contributed by atoms with van der Waals surface area (Å²) in [6.45, 7) is 0.244. The van der Waals surface area contributed by atoms with Crippen LogP contribution < -0.4 is 10.6 Å². The van der Waals surface area contributed by atoms with Gasteiger partial charge in [0, 0.05) is 16.6 Å². The van der Waals surface area contributed by atoms with E-state index >= 15 is 0 Å². The lowest BCUT2D eigenvalue weighted by atomic mass is 10.1. The van der Waals surface area contributed by atoms with E-state index in [2.05, 4.69) is 10.6 Å². The third kappa shape index (κ3) is 4.72. The van der Waals surface area contributed by atoms with E-state index in [9.17, 15) is 9.59 Å². The van der Waals surface area contributed by atoms with Crippen LogP contribution in [0, 0.1) is 11.3 Å². The second kappa shape index (κ2) is 8.34. The highest BCUT2D eigenvalue weighted by Crippen LogP contribution is 2.21. The average Bonchev–Trinajstić information content (AvgIpc) is 2.57. The molecule has 0 spiro atoms. The Bertz CT molecular complexity index is 816. The highest BCUT2D eigenvalue weighted by atomic mass is 35.5. The Kier molecular flexibility index (Phi) is 6.19. The zero-order valence-corrected chi connectivity index (χ0v) is 14.0. The van der Waals surface area contributed by atoms with Gasteiger partial charge in [-0.1, -0.05) is 41.4 Å². The number of nitriles is 1. The smallest absolute Gasteiger partial charge is 0.313 e. The lowest BCUT2D eigenvalue weighted by Gasteiger charge is -2.08. The number of carbonyl (C=O) groups is 2. The van der Waals surface area contributed by atoms with Crippen LogP contribution in [0.5, 0.6) is 0 Å². The van der Waals surface area contributed by atoms with Gasteiger partial charge in [-0.25, -0.2) is 0 Å². The first kappa shape index (κ1) is 17.8. The molecule has 0 bridgehead atoms.